The van der Waals surface area contributed by atoms with Gasteiger partial charge in [0.25, 0.3) is 0 Å². The Morgan fingerprint density at radius 2 is 2.12 bits per heavy atom. The molecule has 0 radical (unpaired) electrons. The van der Waals surface area contributed by atoms with Crippen LogP contribution in [0.4, 0.5) is 5.69 Å². The molecule has 0 amide bonds. The lowest BCUT2D eigenvalue weighted by Crippen LogP contribution is -2.15. The second-order valence-electron chi connectivity index (χ2n) is 4.30. The zero-order chi connectivity index (χ0) is 11.8. The van der Waals surface area contributed by atoms with E-state index >= 15 is 0 Å². The fourth-order valence-electron chi connectivity index (χ4n) is 1.56. The lowest BCUT2D eigenvalue weighted by atomic mass is 10.2. The number of benzene rings is 1. The van der Waals surface area contributed by atoms with Gasteiger partial charge in [0.2, 0.25) is 0 Å². The van der Waals surface area contributed by atoms with Gasteiger partial charge in [0.15, 0.2) is 9.84 Å². The molecule has 0 spiro atoms. The van der Waals surface area contributed by atoms with Gasteiger partial charge >= 0.3 is 0 Å². The molecule has 16 heavy (non-hydrogen) atoms. The van der Waals surface area contributed by atoms with Crippen molar-refractivity contribution in [3.8, 4) is 0 Å². The van der Waals surface area contributed by atoms with Gasteiger partial charge in [-0.2, -0.15) is 0 Å². The normalized spacial score (nSPS) is 16.3. The van der Waals surface area contributed by atoms with Gasteiger partial charge < -0.3 is 11.1 Å². The highest BCUT2D eigenvalue weighted by atomic mass is 32.2. The molecule has 5 heteroatoms. The van der Waals surface area contributed by atoms with Gasteiger partial charge in [-0.1, -0.05) is 6.07 Å². The molecule has 0 aromatic heterocycles. The molecule has 3 N–H and O–H groups in total. The molecule has 1 aliphatic carbocycles. The third-order valence-corrected chi connectivity index (χ3v) is 3.80. The number of hydrogen-bond acceptors (Lipinski definition) is 4. The van der Waals surface area contributed by atoms with Gasteiger partial charge in [0.05, 0.1) is 10.6 Å². The minimum absolute atomic E-state index is 0.225. The van der Waals surface area contributed by atoms with Crippen molar-refractivity contribution in [2.24, 2.45) is 0 Å². The minimum Gasteiger partial charge on any atom is -0.398 e. The fraction of sp³-hybridized carbons (Fsp3) is 0.455. The summed E-state index contributed by atoms with van der Waals surface area (Å²) < 4.78 is 22.9. The van der Waals surface area contributed by atoms with E-state index in [-0.39, 0.29) is 4.90 Å². The van der Waals surface area contributed by atoms with Crippen molar-refractivity contribution in [2.45, 2.75) is 30.3 Å². The van der Waals surface area contributed by atoms with Crippen molar-refractivity contribution < 1.29 is 8.42 Å². The summed E-state index contributed by atoms with van der Waals surface area (Å²) in [5, 5.41) is 3.34. The summed E-state index contributed by atoms with van der Waals surface area (Å²) in [6.07, 6.45) is 3.61. The number of anilines is 1. The lowest BCUT2D eigenvalue weighted by Gasteiger charge is -2.07. The highest BCUT2D eigenvalue weighted by Gasteiger charge is 2.20. The van der Waals surface area contributed by atoms with Crippen molar-refractivity contribution in [2.75, 3.05) is 12.0 Å². The molecule has 1 aromatic rings. The number of rotatable bonds is 4. The quantitative estimate of drug-likeness (QED) is 0.768. The van der Waals surface area contributed by atoms with Crippen LogP contribution in [0.2, 0.25) is 0 Å². The summed E-state index contributed by atoms with van der Waals surface area (Å²) in [5.41, 5.74) is 6.92. The average Bonchev–Trinajstić information content (AvgIpc) is 2.98. The molecule has 0 atom stereocenters. The number of nitrogens with two attached hydrogens (primary N) is 1. The van der Waals surface area contributed by atoms with E-state index in [1.54, 1.807) is 12.1 Å². The van der Waals surface area contributed by atoms with Gasteiger partial charge in [-0.05, 0) is 30.5 Å². The first-order valence-corrected chi connectivity index (χ1v) is 7.18. The van der Waals surface area contributed by atoms with Gasteiger partial charge in [-0.15, -0.1) is 0 Å². The summed E-state index contributed by atoms with van der Waals surface area (Å²) >= 11 is 0. The minimum atomic E-state index is -3.23. The maximum absolute atomic E-state index is 11.5. The van der Waals surface area contributed by atoms with Crippen LogP contribution in [0.3, 0.4) is 0 Å². The number of nitrogen functional groups attached to an aromatic ring is 1. The number of nitrogens with one attached hydrogen (secondary N) is 1. The molecule has 0 bridgehead atoms. The topological polar surface area (TPSA) is 72.2 Å². The van der Waals surface area contributed by atoms with E-state index < -0.39 is 9.84 Å². The summed E-state index contributed by atoms with van der Waals surface area (Å²) in [6, 6.07) is 5.78. The first-order chi connectivity index (χ1) is 7.47. The molecular weight excluding hydrogens is 224 g/mol. The molecule has 1 saturated carbocycles. The Balaban J connectivity index is 2.20. The first kappa shape index (κ1) is 11.4. The maximum Gasteiger partial charge on any atom is 0.177 e. The van der Waals surface area contributed by atoms with Crippen LogP contribution in [-0.2, 0) is 16.4 Å². The molecular formula is C11H16N2O2S. The summed E-state index contributed by atoms with van der Waals surface area (Å²) in [7, 11) is -3.23. The van der Waals surface area contributed by atoms with E-state index in [0.29, 0.717) is 18.3 Å². The SMILES string of the molecule is CS(=O)(=O)c1cc(CNC2CC2)ccc1N. The Bertz CT molecular complexity index is 493. The van der Waals surface area contributed by atoms with Gasteiger partial charge in [-0.3, -0.25) is 0 Å². The van der Waals surface area contributed by atoms with E-state index in [1.807, 2.05) is 6.07 Å². The molecule has 0 aliphatic heterocycles. The smallest absolute Gasteiger partial charge is 0.177 e. The van der Waals surface area contributed by atoms with Crippen molar-refractivity contribution in [3.63, 3.8) is 0 Å². The first-order valence-electron chi connectivity index (χ1n) is 5.28. The highest BCUT2D eigenvalue weighted by Crippen LogP contribution is 2.22. The van der Waals surface area contributed by atoms with E-state index in [4.69, 9.17) is 5.73 Å². The second-order valence-corrected chi connectivity index (χ2v) is 6.28. The Labute approximate surface area is 95.8 Å². The Morgan fingerprint density at radius 1 is 1.44 bits per heavy atom. The van der Waals surface area contributed by atoms with Crippen molar-refractivity contribution in [3.05, 3.63) is 23.8 Å². The van der Waals surface area contributed by atoms with Crippen LogP contribution in [-0.4, -0.2) is 20.7 Å². The number of hydrogen-bond donors (Lipinski definition) is 2. The van der Waals surface area contributed by atoms with Crippen LogP contribution in [0, 0.1) is 0 Å². The third-order valence-electron chi connectivity index (χ3n) is 2.65. The zero-order valence-corrected chi connectivity index (χ0v) is 10.0. The monoisotopic (exact) mass is 240 g/mol. The van der Waals surface area contributed by atoms with Gasteiger partial charge in [-0.25, -0.2) is 8.42 Å². The lowest BCUT2D eigenvalue weighted by molar-refractivity contribution is 0.602. The predicted molar refractivity (Wildman–Crippen MR) is 63.8 cm³/mol. The van der Waals surface area contributed by atoms with Crippen LogP contribution >= 0.6 is 0 Å². The summed E-state index contributed by atoms with van der Waals surface area (Å²) in [6.45, 7) is 0.702. The maximum atomic E-state index is 11.5. The van der Waals surface area contributed by atoms with E-state index in [2.05, 4.69) is 5.32 Å². The van der Waals surface area contributed by atoms with E-state index in [1.165, 1.54) is 19.1 Å². The van der Waals surface area contributed by atoms with Gasteiger partial charge in [0, 0.05) is 18.8 Å². The molecule has 0 heterocycles. The average molecular weight is 240 g/mol. The molecule has 1 fully saturated rings. The van der Waals surface area contributed by atoms with Gasteiger partial charge in [0.1, 0.15) is 0 Å². The van der Waals surface area contributed by atoms with Crippen LogP contribution < -0.4 is 11.1 Å². The fourth-order valence-corrected chi connectivity index (χ4v) is 2.42. The molecule has 1 aromatic carbocycles. The third kappa shape index (κ3) is 2.74. The van der Waals surface area contributed by atoms with E-state index in [0.717, 1.165) is 5.56 Å². The van der Waals surface area contributed by atoms with Crippen molar-refractivity contribution >= 4 is 15.5 Å². The summed E-state index contributed by atoms with van der Waals surface area (Å²) in [4.78, 5) is 0.225. The molecule has 0 unspecified atom stereocenters. The molecule has 2 rings (SSSR count). The van der Waals surface area contributed by atoms with Crippen LogP contribution in [0.25, 0.3) is 0 Å². The van der Waals surface area contributed by atoms with Crippen LogP contribution in [0.1, 0.15) is 18.4 Å². The highest BCUT2D eigenvalue weighted by molar-refractivity contribution is 7.90. The predicted octanol–water partition coefficient (Wildman–Crippen LogP) is 0.924. The van der Waals surface area contributed by atoms with Crippen molar-refractivity contribution in [1.29, 1.82) is 0 Å². The largest absolute Gasteiger partial charge is 0.398 e. The Hall–Kier alpha value is -1.07. The Kier molecular flexibility index (Phi) is 2.90. The molecule has 88 valence electrons. The second kappa shape index (κ2) is 4.07. The zero-order valence-electron chi connectivity index (χ0n) is 9.23. The molecule has 0 saturated heterocycles. The molecule has 1 aliphatic rings. The van der Waals surface area contributed by atoms with Crippen LogP contribution in [0.15, 0.2) is 23.1 Å². The van der Waals surface area contributed by atoms with Crippen molar-refractivity contribution in [1.82, 2.24) is 5.32 Å². The standard InChI is InChI=1S/C11H16N2O2S/c1-16(14,15)11-6-8(2-5-10(11)12)7-13-9-3-4-9/h2,5-6,9,13H,3-4,7,12H2,1H3. The van der Waals surface area contributed by atoms with E-state index in [9.17, 15) is 8.42 Å². The van der Waals surface area contributed by atoms with Crippen LogP contribution in [0.5, 0.6) is 0 Å². The molecule has 4 nitrogen and oxygen atoms in total. The Morgan fingerprint density at radius 3 is 2.69 bits per heavy atom. The summed E-state index contributed by atoms with van der Waals surface area (Å²) in [5.74, 6) is 0. The number of sulfone groups is 1.